The Kier molecular flexibility index (Phi) is 6.27. The molecule has 0 aromatic carbocycles. The molecule has 0 saturated heterocycles. The van der Waals surface area contributed by atoms with Gasteiger partial charge in [0.15, 0.2) is 0 Å². The zero-order chi connectivity index (χ0) is 20.5. The van der Waals surface area contributed by atoms with Crippen LogP contribution >= 0.6 is 11.3 Å². The number of carbonyl (C=O) groups excluding carboxylic acids is 1. The minimum atomic E-state index is -0.0638. The van der Waals surface area contributed by atoms with Crippen LogP contribution in [0.25, 0.3) is 0 Å². The maximum Gasteiger partial charge on any atom is 0.252 e. The lowest BCUT2D eigenvalue weighted by Crippen LogP contribution is -2.49. The molecule has 1 amide bonds. The Labute approximate surface area is 171 Å². The van der Waals surface area contributed by atoms with Crippen molar-refractivity contribution >= 4 is 17.2 Å². The first-order chi connectivity index (χ1) is 13.2. The molecule has 2 aromatic rings. The molecule has 0 saturated carbocycles. The van der Waals surface area contributed by atoms with E-state index in [1.54, 1.807) is 11.3 Å². The third kappa shape index (κ3) is 4.31. The maximum atomic E-state index is 12.8. The van der Waals surface area contributed by atoms with E-state index < -0.39 is 0 Å². The van der Waals surface area contributed by atoms with E-state index in [1.807, 2.05) is 19.2 Å². The molecule has 0 atom stereocenters. The Morgan fingerprint density at radius 1 is 1.43 bits per heavy atom. The van der Waals surface area contributed by atoms with Gasteiger partial charge in [-0.1, -0.05) is 12.1 Å². The van der Waals surface area contributed by atoms with Crippen LogP contribution in [0.2, 0.25) is 0 Å². The Balaban J connectivity index is 1.64. The van der Waals surface area contributed by atoms with Crippen LogP contribution in [-0.4, -0.2) is 53.1 Å². The number of rotatable bonds is 7. The molecule has 1 aliphatic heterocycles. The van der Waals surface area contributed by atoms with Crippen molar-refractivity contribution in [1.82, 2.24) is 20.3 Å². The van der Waals surface area contributed by atoms with Gasteiger partial charge in [-0.2, -0.15) is 0 Å². The fourth-order valence-corrected chi connectivity index (χ4v) is 4.73. The molecule has 0 fully saturated rings. The number of amides is 1. The summed E-state index contributed by atoms with van der Waals surface area (Å²) in [4.78, 5) is 18.8. The van der Waals surface area contributed by atoms with Crippen molar-refractivity contribution in [3.8, 4) is 0 Å². The number of aromatic nitrogens is 1. The van der Waals surface area contributed by atoms with Gasteiger partial charge in [-0.25, -0.2) is 0 Å². The lowest BCUT2D eigenvalue weighted by molar-refractivity contribution is 0.0906. The molecule has 0 unspecified atom stereocenters. The van der Waals surface area contributed by atoms with Crippen molar-refractivity contribution < 1.29 is 9.32 Å². The molecular formula is C21H32N4O2S. The number of likely N-dealkylation sites (N-methyl/N-ethyl adjacent to an activating group) is 1. The smallest absolute Gasteiger partial charge is 0.252 e. The van der Waals surface area contributed by atoms with Gasteiger partial charge in [-0.3, -0.25) is 14.6 Å². The first-order valence-corrected chi connectivity index (χ1v) is 10.8. The summed E-state index contributed by atoms with van der Waals surface area (Å²) in [5.41, 5.74) is 4.16. The number of nitrogens with zero attached hydrogens (tertiary/aromatic N) is 3. The summed E-state index contributed by atoms with van der Waals surface area (Å²) in [6.07, 6.45) is 0.906. The van der Waals surface area contributed by atoms with Gasteiger partial charge in [0.05, 0.1) is 11.3 Å². The normalized spacial score (nSPS) is 15.1. The Morgan fingerprint density at radius 3 is 2.82 bits per heavy atom. The number of nitrogens with one attached hydrogen (secondary N) is 1. The van der Waals surface area contributed by atoms with E-state index in [1.165, 1.54) is 16.0 Å². The molecule has 0 spiro atoms. The minimum Gasteiger partial charge on any atom is -0.361 e. The van der Waals surface area contributed by atoms with E-state index in [2.05, 4.69) is 48.1 Å². The third-order valence-corrected chi connectivity index (χ3v) is 7.04. The van der Waals surface area contributed by atoms with Crippen molar-refractivity contribution in [3.63, 3.8) is 0 Å². The second-order valence-electron chi connectivity index (χ2n) is 8.32. The summed E-state index contributed by atoms with van der Waals surface area (Å²) in [6, 6.07) is 0. The summed E-state index contributed by atoms with van der Waals surface area (Å²) in [6.45, 7) is 14.7. The number of thiophene rings is 1. The first kappa shape index (κ1) is 21.0. The van der Waals surface area contributed by atoms with Crippen molar-refractivity contribution in [2.24, 2.45) is 0 Å². The minimum absolute atomic E-state index is 0.0502. The van der Waals surface area contributed by atoms with Crippen LogP contribution in [0.4, 0.5) is 0 Å². The van der Waals surface area contributed by atoms with Gasteiger partial charge in [0, 0.05) is 47.5 Å². The van der Waals surface area contributed by atoms with Gasteiger partial charge in [-0.15, -0.1) is 11.3 Å². The summed E-state index contributed by atoms with van der Waals surface area (Å²) in [7, 11) is 2.09. The quantitative estimate of drug-likeness (QED) is 0.767. The third-order valence-electron chi connectivity index (χ3n) is 6.02. The van der Waals surface area contributed by atoms with E-state index in [4.69, 9.17) is 4.52 Å². The molecule has 3 heterocycles. The van der Waals surface area contributed by atoms with Crippen molar-refractivity contribution in [3.05, 3.63) is 38.4 Å². The van der Waals surface area contributed by atoms with Crippen LogP contribution in [0.15, 0.2) is 9.90 Å². The number of aryl methyl sites for hydroxylation is 2. The second-order valence-corrected chi connectivity index (χ2v) is 9.29. The monoisotopic (exact) mass is 404 g/mol. The maximum absolute atomic E-state index is 12.8. The molecule has 2 aromatic heterocycles. The zero-order valence-electron chi connectivity index (χ0n) is 17.9. The fourth-order valence-electron chi connectivity index (χ4n) is 3.61. The van der Waals surface area contributed by atoms with Crippen LogP contribution < -0.4 is 5.32 Å². The molecule has 7 heteroatoms. The molecule has 6 nitrogen and oxygen atoms in total. The van der Waals surface area contributed by atoms with Crippen molar-refractivity contribution in [2.45, 2.75) is 59.7 Å². The van der Waals surface area contributed by atoms with Crippen molar-refractivity contribution in [2.75, 3.05) is 26.7 Å². The Bertz CT molecular complexity index is 820. The zero-order valence-corrected chi connectivity index (χ0v) is 18.7. The summed E-state index contributed by atoms with van der Waals surface area (Å²) in [5, 5.41) is 9.23. The molecular weight excluding hydrogens is 372 g/mol. The number of carbonyl (C=O) groups is 1. The molecule has 0 radical (unpaired) electrons. The van der Waals surface area contributed by atoms with Gasteiger partial charge < -0.3 is 9.84 Å². The van der Waals surface area contributed by atoms with Crippen LogP contribution in [0, 0.1) is 13.8 Å². The molecule has 1 N–H and O–H groups in total. The predicted molar refractivity (Wildman–Crippen MR) is 113 cm³/mol. The standard InChI is InChI=1S/C21H32N4O2S/c1-7-24(6)21(4,5)13-22-20(26)18-12-28-19-11-25(9-8-16(18)19)10-17-14(2)23-27-15(17)3/h12H,7-11,13H2,1-6H3,(H,22,26). The highest BCUT2D eigenvalue weighted by molar-refractivity contribution is 7.10. The van der Waals surface area contributed by atoms with Crippen LogP contribution in [-0.2, 0) is 19.5 Å². The van der Waals surface area contributed by atoms with Crippen LogP contribution in [0.5, 0.6) is 0 Å². The largest absolute Gasteiger partial charge is 0.361 e. The number of hydrogen-bond donors (Lipinski definition) is 1. The lowest BCUT2D eigenvalue weighted by atomic mass is 10.0. The van der Waals surface area contributed by atoms with Gasteiger partial charge in [0.2, 0.25) is 0 Å². The Hall–Kier alpha value is -1.70. The van der Waals surface area contributed by atoms with E-state index in [9.17, 15) is 4.79 Å². The highest BCUT2D eigenvalue weighted by atomic mass is 32.1. The average molecular weight is 405 g/mol. The molecule has 0 bridgehead atoms. The predicted octanol–water partition coefficient (Wildman–Crippen LogP) is 3.37. The van der Waals surface area contributed by atoms with E-state index in [0.717, 1.165) is 49.6 Å². The van der Waals surface area contributed by atoms with Crippen LogP contribution in [0.1, 0.15) is 58.6 Å². The van der Waals surface area contributed by atoms with Crippen molar-refractivity contribution in [1.29, 1.82) is 0 Å². The molecule has 154 valence electrons. The summed E-state index contributed by atoms with van der Waals surface area (Å²) < 4.78 is 5.29. The van der Waals surface area contributed by atoms with E-state index in [0.29, 0.717) is 6.54 Å². The van der Waals surface area contributed by atoms with Gasteiger partial charge >= 0.3 is 0 Å². The first-order valence-electron chi connectivity index (χ1n) is 9.95. The van der Waals surface area contributed by atoms with Crippen LogP contribution in [0.3, 0.4) is 0 Å². The van der Waals surface area contributed by atoms with Gasteiger partial charge in [0.1, 0.15) is 5.76 Å². The molecule has 0 aliphatic carbocycles. The van der Waals surface area contributed by atoms with Gasteiger partial charge in [-0.05, 0) is 53.3 Å². The second kappa shape index (κ2) is 8.35. The van der Waals surface area contributed by atoms with Gasteiger partial charge in [0.25, 0.3) is 5.91 Å². The molecule has 1 aliphatic rings. The highest BCUT2D eigenvalue weighted by Gasteiger charge is 2.27. The number of hydrogen-bond acceptors (Lipinski definition) is 6. The topological polar surface area (TPSA) is 61.6 Å². The van der Waals surface area contributed by atoms with E-state index >= 15 is 0 Å². The lowest BCUT2D eigenvalue weighted by Gasteiger charge is -2.35. The van der Waals surface area contributed by atoms with E-state index in [-0.39, 0.29) is 11.4 Å². The SMILES string of the molecule is CCN(C)C(C)(C)CNC(=O)c1csc2c1CCN(Cc1c(C)noc1C)C2. The molecule has 3 rings (SSSR count). The summed E-state index contributed by atoms with van der Waals surface area (Å²) >= 11 is 1.70. The fraction of sp³-hybridized carbons (Fsp3) is 0.619. The number of fused-ring (bicyclic) bond motifs is 1. The molecule has 28 heavy (non-hydrogen) atoms. The Morgan fingerprint density at radius 2 is 2.18 bits per heavy atom. The summed E-state index contributed by atoms with van der Waals surface area (Å²) in [5.74, 6) is 0.948. The highest BCUT2D eigenvalue weighted by Crippen LogP contribution is 2.30. The average Bonchev–Trinajstić information content (AvgIpc) is 3.23.